The maximum Gasteiger partial charge on any atom is 0.238 e. The van der Waals surface area contributed by atoms with Crippen molar-refractivity contribution in [1.29, 1.82) is 0 Å². The first kappa shape index (κ1) is 16.6. The summed E-state index contributed by atoms with van der Waals surface area (Å²) in [6, 6.07) is 9.90. The van der Waals surface area contributed by atoms with Gasteiger partial charge in [0.05, 0.1) is 28.5 Å². The average Bonchev–Trinajstić information content (AvgIpc) is 3.19. The lowest BCUT2D eigenvalue weighted by molar-refractivity contribution is -0.115. The molecule has 1 aromatic carbocycles. The van der Waals surface area contributed by atoms with Gasteiger partial charge in [0.2, 0.25) is 5.91 Å². The molecule has 2 aromatic heterocycles. The largest absolute Gasteiger partial charge is 0.333 e. The van der Waals surface area contributed by atoms with E-state index < -0.39 is 0 Å². The Morgan fingerprint density at radius 1 is 1.33 bits per heavy atom. The van der Waals surface area contributed by atoms with Gasteiger partial charge in [0.15, 0.2) is 5.16 Å². The molecule has 24 heavy (non-hydrogen) atoms. The maximum atomic E-state index is 12.5. The van der Waals surface area contributed by atoms with Gasteiger partial charge >= 0.3 is 0 Å². The van der Waals surface area contributed by atoms with Crippen LogP contribution in [0.1, 0.15) is 33.2 Å². The van der Waals surface area contributed by atoms with E-state index in [1.165, 1.54) is 11.8 Å². The van der Waals surface area contributed by atoms with Crippen molar-refractivity contribution in [3.8, 4) is 0 Å². The number of carbonyl (C=O) groups is 1. The summed E-state index contributed by atoms with van der Waals surface area (Å²) in [5.41, 5.74) is 1.88. The van der Waals surface area contributed by atoms with Crippen LogP contribution in [0.4, 0.5) is 5.82 Å². The maximum absolute atomic E-state index is 12.5. The van der Waals surface area contributed by atoms with Crippen molar-refractivity contribution in [3.05, 3.63) is 36.5 Å². The van der Waals surface area contributed by atoms with Gasteiger partial charge in [0.25, 0.3) is 0 Å². The van der Waals surface area contributed by atoms with E-state index in [1.807, 2.05) is 41.9 Å². The van der Waals surface area contributed by atoms with E-state index in [1.54, 1.807) is 6.20 Å². The van der Waals surface area contributed by atoms with Gasteiger partial charge in [0.1, 0.15) is 5.82 Å². The van der Waals surface area contributed by atoms with Gasteiger partial charge in [-0.25, -0.2) is 9.67 Å². The number of anilines is 1. The molecule has 0 aliphatic carbocycles. The van der Waals surface area contributed by atoms with Crippen LogP contribution >= 0.6 is 11.8 Å². The van der Waals surface area contributed by atoms with E-state index in [4.69, 9.17) is 0 Å². The zero-order valence-electron chi connectivity index (χ0n) is 14.0. The highest BCUT2D eigenvalue weighted by atomic mass is 32.2. The number of hydrogen-bond donors (Lipinski definition) is 2. The minimum atomic E-state index is -0.272. The van der Waals surface area contributed by atoms with E-state index in [-0.39, 0.29) is 17.2 Å². The smallest absolute Gasteiger partial charge is 0.238 e. The number of amides is 1. The fraction of sp³-hybridized carbons (Fsp3) is 0.353. The number of nitrogens with one attached hydrogen (secondary N) is 2. The van der Waals surface area contributed by atoms with Crippen LogP contribution in [0.25, 0.3) is 11.0 Å². The van der Waals surface area contributed by atoms with Crippen LogP contribution < -0.4 is 5.32 Å². The van der Waals surface area contributed by atoms with Crippen molar-refractivity contribution in [2.45, 2.75) is 43.6 Å². The number of imidazole rings is 1. The molecule has 0 spiro atoms. The number of rotatable bonds is 6. The highest BCUT2D eigenvalue weighted by Gasteiger charge is 2.19. The minimum Gasteiger partial charge on any atom is -0.333 e. The van der Waals surface area contributed by atoms with Gasteiger partial charge in [-0.05, 0) is 32.4 Å². The number of fused-ring (bicyclic) bond motifs is 1. The lowest BCUT2D eigenvalue weighted by atomic mass is 10.3. The van der Waals surface area contributed by atoms with E-state index >= 15 is 0 Å². The molecule has 0 saturated carbocycles. The van der Waals surface area contributed by atoms with Crippen molar-refractivity contribution in [1.82, 2.24) is 19.7 Å². The Kier molecular flexibility index (Phi) is 4.89. The molecule has 3 rings (SSSR count). The SMILES string of the molecule is CC[C@@H](C)n1nccc1NC(=O)[C@@H](C)Sc1nc2ccccc2[nH]1. The fourth-order valence-corrected chi connectivity index (χ4v) is 3.19. The zero-order chi connectivity index (χ0) is 17.1. The van der Waals surface area contributed by atoms with Crippen LogP contribution in [-0.4, -0.2) is 30.9 Å². The van der Waals surface area contributed by atoms with Crippen LogP contribution in [-0.2, 0) is 4.79 Å². The number of nitrogens with zero attached hydrogens (tertiary/aromatic N) is 3. The van der Waals surface area contributed by atoms with Gasteiger partial charge in [-0.15, -0.1) is 0 Å². The zero-order valence-corrected chi connectivity index (χ0v) is 14.8. The van der Waals surface area contributed by atoms with Crippen LogP contribution in [0, 0.1) is 0 Å². The molecule has 0 aliphatic rings. The summed E-state index contributed by atoms with van der Waals surface area (Å²) in [5.74, 6) is 0.664. The molecule has 6 nitrogen and oxygen atoms in total. The Hall–Kier alpha value is -2.28. The minimum absolute atomic E-state index is 0.0643. The van der Waals surface area contributed by atoms with Crippen molar-refractivity contribution < 1.29 is 4.79 Å². The Balaban J connectivity index is 1.67. The molecule has 0 fully saturated rings. The molecule has 2 heterocycles. The Morgan fingerprint density at radius 2 is 2.12 bits per heavy atom. The standard InChI is InChI=1S/C17H21N5OS/c1-4-11(2)22-15(9-10-18-22)21-16(23)12(3)24-17-19-13-7-5-6-8-14(13)20-17/h5-12H,4H2,1-3H3,(H,19,20)(H,21,23)/t11-,12-/m1/s1. The van der Waals surface area contributed by atoms with E-state index in [2.05, 4.69) is 34.2 Å². The summed E-state index contributed by atoms with van der Waals surface area (Å²) in [6.45, 7) is 6.05. The molecule has 0 saturated heterocycles. The number of aromatic nitrogens is 4. The van der Waals surface area contributed by atoms with Gasteiger partial charge < -0.3 is 10.3 Å². The molecule has 0 radical (unpaired) electrons. The third-order valence-corrected chi connectivity index (χ3v) is 4.94. The highest BCUT2D eigenvalue weighted by molar-refractivity contribution is 8.00. The predicted octanol–water partition coefficient (Wildman–Crippen LogP) is 3.85. The van der Waals surface area contributed by atoms with Gasteiger partial charge in [-0.2, -0.15) is 5.10 Å². The summed E-state index contributed by atoms with van der Waals surface area (Å²) < 4.78 is 1.84. The van der Waals surface area contributed by atoms with Crippen molar-refractivity contribution in [2.75, 3.05) is 5.32 Å². The second-order valence-corrected chi connectivity index (χ2v) is 7.06. The molecule has 126 valence electrons. The number of hydrogen-bond acceptors (Lipinski definition) is 4. The first-order chi connectivity index (χ1) is 11.6. The first-order valence-corrected chi connectivity index (χ1v) is 8.92. The van der Waals surface area contributed by atoms with Crippen molar-refractivity contribution in [3.63, 3.8) is 0 Å². The van der Waals surface area contributed by atoms with Crippen molar-refractivity contribution in [2.24, 2.45) is 0 Å². The van der Waals surface area contributed by atoms with Gasteiger partial charge in [-0.1, -0.05) is 30.8 Å². The molecule has 3 aromatic rings. The van der Waals surface area contributed by atoms with Crippen LogP contribution in [0.15, 0.2) is 41.7 Å². The predicted molar refractivity (Wildman–Crippen MR) is 97.3 cm³/mol. The molecule has 2 atom stereocenters. The number of carbonyl (C=O) groups excluding carboxylic acids is 1. The second kappa shape index (κ2) is 7.09. The lowest BCUT2D eigenvalue weighted by Gasteiger charge is -2.15. The monoisotopic (exact) mass is 343 g/mol. The van der Waals surface area contributed by atoms with Crippen LogP contribution in [0.2, 0.25) is 0 Å². The van der Waals surface area contributed by atoms with E-state index in [0.29, 0.717) is 0 Å². The molecule has 1 amide bonds. The highest BCUT2D eigenvalue weighted by Crippen LogP contribution is 2.24. The molecule has 7 heteroatoms. The van der Waals surface area contributed by atoms with E-state index in [9.17, 15) is 4.79 Å². The topological polar surface area (TPSA) is 75.6 Å². The second-order valence-electron chi connectivity index (χ2n) is 5.73. The molecule has 2 N–H and O–H groups in total. The Labute approximate surface area is 145 Å². The summed E-state index contributed by atoms with van der Waals surface area (Å²) >= 11 is 1.41. The Morgan fingerprint density at radius 3 is 2.88 bits per heavy atom. The third kappa shape index (κ3) is 3.46. The number of para-hydroxylation sites is 2. The van der Waals surface area contributed by atoms with Gasteiger partial charge in [-0.3, -0.25) is 4.79 Å². The number of benzene rings is 1. The summed E-state index contributed by atoms with van der Waals surface area (Å²) in [6.07, 6.45) is 2.66. The summed E-state index contributed by atoms with van der Waals surface area (Å²) in [4.78, 5) is 20.2. The molecule has 0 bridgehead atoms. The van der Waals surface area contributed by atoms with Crippen LogP contribution in [0.3, 0.4) is 0 Å². The summed E-state index contributed by atoms with van der Waals surface area (Å²) in [7, 11) is 0. The van der Waals surface area contributed by atoms with Crippen molar-refractivity contribution >= 4 is 34.5 Å². The molecular formula is C17H21N5OS. The molecule has 0 aliphatic heterocycles. The summed E-state index contributed by atoms with van der Waals surface area (Å²) in [5, 5.41) is 7.72. The first-order valence-electron chi connectivity index (χ1n) is 8.04. The number of H-pyrrole nitrogens is 1. The molecule has 0 unspecified atom stereocenters. The Bertz CT molecular complexity index is 807. The average molecular weight is 343 g/mol. The van der Waals surface area contributed by atoms with Gasteiger partial charge in [0, 0.05) is 6.07 Å². The van der Waals surface area contributed by atoms with E-state index in [0.717, 1.165) is 28.4 Å². The fourth-order valence-electron chi connectivity index (χ4n) is 2.37. The molecular weight excluding hydrogens is 322 g/mol. The lowest BCUT2D eigenvalue weighted by Crippen LogP contribution is -2.24. The number of thioether (sulfide) groups is 1. The van der Waals surface area contributed by atoms with Crippen LogP contribution in [0.5, 0.6) is 0 Å². The number of aromatic amines is 1. The normalized spacial score (nSPS) is 13.8. The third-order valence-electron chi connectivity index (χ3n) is 3.96. The quantitative estimate of drug-likeness (QED) is 0.667.